The van der Waals surface area contributed by atoms with Gasteiger partial charge in [-0.3, -0.25) is 0 Å². The Labute approximate surface area is 136 Å². The van der Waals surface area contributed by atoms with Crippen LogP contribution in [0.2, 0.25) is 0 Å². The average Bonchev–Trinajstić information content (AvgIpc) is 2.46. The van der Waals surface area contributed by atoms with Crippen LogP contribution in [0, 0.1) is 6.92 Å². The molecule has 4 heteroatoms. The molecule has 0 fully saturated rings. The highest BCUT2D eigenvalue weighted by molar-refractivity contribution is 7.99. The van der Waals surface area contributed by atoms with Gasteiger partial charge in [-0.1, -0.05) is 30.7 Å². The summed E-state index contributed by atoms with van der Waals surface area (Å²) in [6.07, 6.45) is 0.834. The third-order valence-electron chi connectivity index (χ3n) is 3.81. The molecule has 0 bridgehead atoms. The zero-order valence-corrected chi connectivity index (χ0v) is 14.5. The van der Waals surface area contributed by atoms with Crippen LogP contribution >= 0.6 is 11.8 Å². The summed E-state index contributed by atoms with van der Waals surface area (Å²) >= 11 is 1.77. The molecule has 0 N–H and O–H groups in total. The third-order valence-corrected chi connectivity index (χ3v) is 4.71. The minimum absolute atomic E-state index is 0.153. The Morgan fingerprint density at radius 2 is 2.09 bits per heavy atom. The normalized spacial score (nSPS) is 16.4. The van der Waals surface area contributed by atoms with E-state index in [0.717, 1.165) is 34.3 Å². The fourth-order valence-electron chi connectivity index (χ4n) is 2.69. The number of benzene rings is 1. The largest absolute Gasteiger partial charge is 0.370 e. The molecule has 116 valence electrons. The molecule has 0 radical (unpaired) electrons. The molecule has 2 heterocycles. The number of thioether (sulfide) groups is 1. The van der Waals surface area contributed by atoms with Gasteiger partial charge in [0.05, 0.1) is 17.9 Å². The first-order valence-corrected chi connectivity index (χ1v) is 8.70. The van der Waals surface area contributed by atoms with Gasteiger partial charge in [-0.25, -0.2) is 9.97 Å². The molecule has 1 aliphatic heterocycles. The van der Waals surface area contributed by atoms with Crippen LogP contribution < -0.4 is 0 Å². The van der Waals surface area contributed by atoms with Crippen molar-refractivity contribution in [3.63, 3.8) is 0 Å². The lowest BCUT2D eigenvalue weighted by molar-refractivity contribution is -0.0428. The minimum Gasteiger partial charge on any atom is -0.370 e. The summed E-state index contributed by atoms with van der Waals surface area (Å²) in [6.45, 7) is 9.10. The predicted octanol–water partition coefficient (Wildman–Crippen LogP) is 4.42. The maximum Gasteiger partial charge on any atom is 0.160 e. The average molecular weight is 314 g/mol. The molecular weight excluding hydrogens is 292 g/mol. The van der Waals surface area contributed by atoms with Crippen molar-refractivity contribution in [2.75, 3.05) is 5.75 Å². The van der Waals surface area contributed by atoms with E-state index in [1.807, 2.05) is 0 Å². The van der Waals surface area contributed by atoms with Gasteiger partial charge < -0.3 is 4.74 Å². The van der Waals surface area contributed by atoms with Gasteiger partial charge in [0.2, 0.25) is 0 Å². The maximum absolute atomic E-state index is 5.95. The van der Waals surface area contributed by atoms with Crippen molar-refractivity contribution in [1.82, 2.24) is 9.97 Å². The van der Waals surface area contributed by atoms with E-state index in [1.165, 1.54) is 11.1 Å². The molecule has 0 spiro atoms. The zero-order valence-electron chi connectivity index (χ0n) is 13.6. The van der Waals surface area contributed by atoms with E-state index in [2.05, 4.69) is 52.0 Å². The Morgan fingerprint density at radius 1 is 1.27 bits per heavy atom. The Morgan fingerprint density at radius 3 is 2.82 bits per heavy atom. The second-order valence-electron chi connectivity index (χ2n) is 6.31. The van der Waals surface area contributed by atoms with Gasteiger partial charge in [-0.05, 0) is 32.6 Å². The first kappa shape index (κ1) is 15.5. The highest BCUT2D eigenvalue weighted by Gasteiger charge is 2.29. The number of rotatable bonds is 3. The van der Waals surface area contributed by atoms with Gasteiger partial charge in [-0.15, -0.1) is 11.8 Å². The smallest absolute Gasteiger partial charge is 0.160 e. The standard InChI is InChI=1S/C18H22N2OS/c1-5-22-17-14-11-21-18(3,4)10-15(14)19-16(20-17)13-8-6-7-12(2)9-13/h6-9H,5,10-11H2,1-4H3. The first-order valence-electron chi connectivity index (χ1n) is 7.72. The van der Waals surface area contributed by atoms with E-state index in [-0.39, 0.29) is 5.60 Å². The molecule has 1 aromatic carbocycles. The Kier molecular flexibility index (Phi) is 4.24. The molecule has 1 aliphatic rings. The van der Waals surface area contributed by atoms with E-state index in [1.54, 1.807) is 11.8 Å². The van der Waals surface area contributed by atoms with Crippen LogP contribution in [0.4, 0.5) is 0 Å². The first-order chi connectivity index (χ1) is 10.5. The van der Waals surface area contributed by atoms with Crippen LogP contribution in [-0.2, 0) is 17.8 Å². The second-order valence-corrected chi connectivity index (χ2v) is 7.56. The predicted molar refractivity (Wildman–Crippen MR) is 91.2 cm³/mol. The molecular formula is C18H22N2OS. The SMILES string of the molecule is CCSc1nc(-c2cccc(C)c2)nc2c1COC(C)(C)C2. The lowest BCUT2D eigenvalue weighted by atomic mass is 9.96. The number of fused-ring (bicyclic) bond motifs is 1. The van der Waals surface area contributed by atoms with Crippen LogP contribution in [0.25, 0.3) is 11.4 Å². The van der Waals surface area contributed by atoms with Crippen molar-refractivity contribution in [2.24, 2.45) is 0 Å². The molecule has 0 amide bonds. The molecule has 0 unspecified atom stereocenters. The van der Waals surface area contributed by atoms with Gasteiger partial charge in [0.1, 0.15) is 5.03 Å². The van der Waals surface area contributed by atoms with Crippen molar-refractivity contribution >= 4 is 11.8 Å². The number of hydrogen-bond donors (Lipinski definition) is 0. The Hall–Kier alpha value is -1.39. The summed E-state index contributed by atoms with van der Waals surface area (Å²) in [5.74, 6) is 1.83. The number of aryl methyl sites for hydroxylation is 1. The molecule has 0 atom stereocenters. The van der Waals surface area contributed by atoms with Crippen LogP contribution in [0.5, 0.6) is 0 Å². The zero-order chi connectivity index (χ0) is 15.7. The topological polar surface area (TPSA) is 35.0 Å². The van der Waals surface area contributed by atoms with Crippen LogP contribution in [-0.4, -0.2) is 21.3 Å². The van der Waals surface area contributed by atoms with Gasteiger partial charge in [0.25, 0.3) is 0 Å². The van der Waals surface area contributed by atoms with Gasteiger partial charge >= 0.3 is 0 Å². The van der Waals surface area contributed by atoms with Gasteiger partial charge in [0, 0.05) is 17.5 Å². The van der Waals surface area contributed by atoms with Crippen LogP contribution in [0.1, 0.15) is 37.6 Å². The summed E-state index contributed by atoms with van der Waals surface area (Å²) in [7, 11) is 0. The lowest BCUT2D eigenvalue weighted by Crippen LogP contribution is -2.33. The molecule has 0 saturated carbocycles. The summed E-state index contributed by atoms with van der Waals surface area (Å²) < 4.78 is 5.95. The van der Waals surface area contributed by atoms with E-state index in [0.29, 0.717) is 6.61 Å². The van der Waals surface area contributed by atoms with Gasteiger partial charge in [0.15, 0.2) is 5.82 Å². The van der Waals surface area contributed by atoms with Crippen LogP contribution in [0.15, 0.2) is 29.3 Å². The molecule has 0 saturated heterocycles. The van der Waals surface area contributed by atoms with E-state index in [4.69, 9.17) is 14.7 Å². The van der Waals surface area contributed by atoms with Gasteiger partial charge in [-0.2, -0.15) is 0 Å². The Balaban J connectivity index is 2.11. The molecule has 0 aliphatic carbocycles. The molecule has 2 aromatic rings. The quantitative estimate of drug-likeness (QED) is 0.621. The van der Waals surface area contributed by atoms with Crippen molar-refractivity contribution in [1.29, 1.82) is 0 Å². The summed E-state index contributed by atoms with van der Waals surface area (Å²) in [5.41, 5.74) is 4.47. The molecule has 1 aromatic heterocycles. The highest BCUT2D eigenvalue weighted by Crippen LogP contribution is 2.33. The summed E-state index contributed by atoms with van der Waals surface area (Å²) in [6, 6.07) is 8.39. The van der Waals surface area contributed by atoms with Crippen molar-refractivity contribution in [2.45, 2.75) is 51.3 Å². The van der Waals surface area contributed by atoms with E-state index >= 15 is 0 Å². The Bertz CT molecular complexity index is 697. The molecule has 3 rings (SSSR count). The van der Waals surface area contributed by atoms with Crippen molar-refractivity contribution in [3.05, 3.63) is 41.1 Å². The highest BCUT2D eigenvalue weighted by atomic mass is 32.2. The number of ether oxygens (including phenoxy) is 1. The lowest BCUT2D eigenvalue weighted by Gasteiger charge is -2.32. The monoisotopic (exact) mass is 314 g/mol. The molecule has 22 heavy (non-hydrogen) atoms. The minimum atomic E-state index is -0.153. The fraction of sp³-hybridized carbons (Fsp3) is 0.444. The summed E-state index contributed by atoms with van der Waals surface area (Å²) in [4.78, 5) is 9.67. The second kappa shape index (κ2) is 6.01. The van der Waals surface area contributed by atoms with E-state index in [9.17, 15) is 0 Å². The fourth-order valence-corrected chi connectivity index (χ4v) is 3.47. The third kappa shape index (κ3) is 3.18. The van der Waals surface area contributed by atoms with Crippen molar-refractivity contribution in [3.8, 4) is 11.4 Å². The van der Waals surface area contributed by atoms with Crippen molar-refractivity contribution < 1.29 is 4.74 Å². The number of hydrogen-bond acceptors (Lipinski definition) is 4. The number of aromatic nitrogens is 2. The maximum atomic E-state index is 5.95. The number of nitrogens with zero attached hydrogens (tertiary/aromatic N) is 2. The van der Waals surface area contributed by atoms with E-state index < -0.39 is 0 Å². The molecule has 3 nitrogen and oxygen atoms in total. The summed E-state index contributed by atoms with van der Waals surface area (Å²) in [5, 5.41) is 1.07. The van der Waals surface area contributed by atoms with Crippen LogP contribution in [0.3, 0.4) is 0 Å².